The Labute approximate surface area is 102 Å². The van der Waals surface area contributed by atoms with E-state index in [1.807, 2.05) is 0 Å². The Morgan fingerprint density at radius 3 is 2.59 bits per heavy atom. The van der Waals surface area contributed by atoms with Crippen molar-refractivity contribution in [2.24, 2.45) is 0 Å². The summed E-state index contributed by atoms with van der Waals surface area (Å²) in [6, 6.07) is -0.503. The molecule has 0 aromatic carbocycles. The summed E-state index contributed by atoms with van der Waals surface area (Å²) in [7, 11) is 0. The van der Waals surface area contributed by atoms with Crippen molar-refractivity contribution in [3.63, 3.8) is 0 Å². The maximum Gasteiger partial charge on any atom is 0.324 e. The molecule has 1 heterocycles. The number of aliphatic carboxylic acids is 1. The second kappa shape index (κ2) is 5.09. The molecule has 1 rings (SSSR count). The van der Waals surface area contributed by atoms with Gasteiger partial charge in [0.1, 0.15) is 12.1 Å². The van der Waals surface area contributed by atoms with E-state index in [0.29, 0.717) is 5.13 Å². The van der Waals surface area contributed by atoms with Crippen LogP contribution in [0.5, 0.6) is 0 Å². The number of hydrogen-bond acceptors (Lipinski definition) is 5. The zero-order chi connectivity index (χ0) is 13.1. The third-order valence-electron chi connectivity index (χ3n) is 1.92. The molecule has 7 nitrogen and oxygen atoms in total. The Balaban J connectivity index is 2.76. The number of carboxylic acid groups (broad SMARTS) is 1. The van der Waals surface area contributed by atoms with E-state index in [2.05, 4.69) is 15.5 Å². The lowest BCUT2D eigenvalue weighted by atomic mass is 10.1. The van der Waals surface area contributed by atoms with E-state index >= 15 is 0 Å². The van der Waals surface area contributed by atoms with E-state index in [4.69, 9.17) is 5.11 Å². The fourth-order valence-corrected chi connectivity index (χ4v) is 1.57. The molecular weight excluding hydrogens is 244 g/mol. The lowest BCUT2D eigenvalue weighted by Gasteiger charge is -2.33. The summed E-state index contributed by atoms with van der Waals surface area (Å²) in [5.41, 5.74) is 0.890. The van der Waals surface area contributed by atoms with Gasteiger partial charge in [0, 0.05) is 5.54 Å². The van der Waals surface area contributed by atoms with E-state index in [0.717, 1.165) is 0 Å². The van der Waals surface area contributed by atoms with Crippen molar-refractivity contribution >= 4 is 28.5 Å². The summed E-state index contributed by atoms with van der Waals surface area (Å²) in [4.78, 5) is 23.8. The Hall–Kier alpha value is -1.70. The van der Waals surface area contributed by atoms with Gasteiger partial charge >= 0.3 is 12.0 Å². The number of hydrogen-bond donors (Lipinski definition) is 2. The monoisotopic (exact) mass is 258 g/mol. The van der Waals surface area contributed by atoms with Crippen LogP contribution in [0, 0.1) is 0 Å². The molecule has 2 amide bonds. The van der Waals surface area contributed by atoms with Crippen LogP contribution in [0.25, 0.3) is 0 Å². The first kappa shape index (κ1) is 13.4. The molecule has 1 aromatic rings. The van der Waals surface area contributed by atoms with Gasteiger partial charge in [0.25, 0.3) is 0 Å². The lowest BCUT2D eigenvalue weighted by Crippen LogP contribution is -2.50. The molecule has 0 saturated heterocycles. The number of nitrogens with zero attached hydrogens (tertiary/aromatic N) is 3. The van der Waals surface area contributed by atoms with Crippen LogP contribution in [-0.4, -0.2) is 44.3 Å². The van der Waals surface area contributed by atoms with Crippen LogP contribution < -0.4 is 5.32 Å². The zero-order valence-corrected chi connectivity index (χ0v) is 10.6. The Kier molecular flexibility index (Phi) is 4.00. The predicted molar refractivity (Wildman–Crippen MR) is 63.0 cm³/mol. The fourth-order valence-electron chi connectivity index (χ4n) is 1.14. The van der Waals surface area contributed by atoms with E-state index in [1.54, 1.807) is 20.8 Å². The minimum absolute atomic E-state index is 0.342. The normalized spacial score (nSPS) is 11.0. The molecule has 8 heteroatoms. The van der Waals surface area contributed by atoms with E-state index in [-0.39, 0.29) is 6.54 Å². The second-order valence-corrected chi connectivity index (χ2v) is 5.16. The number of carbonyl (C=O) groups excluding carboxylic acids is 1. The number of carbonyl (C=O) groups is 2. The molecule has 0 fully saturated rings. The van der Waals surface area contributed by atoms with Crippen molar-refractivity contribution in [1.82, 2.24) is 15.1 Å². The van der Waals surface area contributed by atoms with Crippen molar-refractivity contribution in [3.8, 4) is 0 Å². The maximum atomic E-state index is 11.9. The smallest absolute Gasteiger partial charge is 0.324 e. The van der Waals surface area contributed by atoms with Gasteiger partial charge in [0.15, 0.2) is 0 Å². The molecular formula is C9H14N4O3S. The van der Waals surface area contributed by atoms with Crippen molar-refractivity contribution in [2.45, 2.75) is 26.3 Å². The van der Waals surface area contributed by atoms with Crippen LogP contribution in [0.1, 0.15) is 20.8 Å². The van der Waals surface area contributed by atoms with Crippen LogP contribution >= 0.6 is 11.3 Å². The van der Waals surface area contributed by atoms with Gasteiger partial charge in [-0.15, -0.1) is 10.2 Å². The van der Waals surface area contributed by atoms with Gasteiger partial charge in [-0.1, -0.05) is 11.3 Å². The topological polar surface area (TPSA) is 95.4 Å². The van der Waals surface area contributed by atoms with Crippen LogP contribution in [-0.2, 0) is 4.79 Å². The predicted octanol–water partition coefficient (Wildman–Crippen LogP) is 1.26. The molecule has 0 aliphatic heterocycles. The van der Waals surface area contributed by atoms with Crippen molar-refractivity contribution in [3.05, 3.63) is 5.51 Å². The largest absolute Gasteiger partial charge is 0.480 e. The van der Waals surface area contributed by atoms with Crippen LogP contribution in [0.4, 0.5) is 9.93 Å². The van der Waals surface area contributed by atoms with Crippen LogP contribution in [0.2, 0.25) is 0 Å². The zero-order valence-electron chi connectivity index (χ0n) is 9.80. The Morgan fingerprint density at radius 2 is 2.18 bits per heavy atom. The summed E-state index contributed by atoms with van der Waals surface area (Å²) in [5, 5.41) is 18.9. The molecule has 17 heavy (non-hydrogen) atoms. The minimum atomic E-state index is -1.06. The summed E-state index contributed by atoms with van der Waals surface area (Å²) < 4.78 is 0. The maximum absolute atomic E-state index is 11.9. The van der Waals surface area contributed by atoms with Gasteiger partial charge in [-0.2, -0.15) is 0 Å². The quantitative estimate of drug-likeness (QED) is 0.850. The van der Waals surface area contributed by atoms with Gasteiger partial charge in [-0.25, -0.2) is 4.79 Å². The molecule has 0 radical (unpaired) electrons. The summed E-state index contributed by atoms with van der Waals surface area (Å²) in [6.45, 7) is 4.91. The average Bonchev–Trinajstić information content (AvgIpc) is 2.64. The first-order valence-corrected chi connectivity index (χ1v) is 5.75. The van der Waals surface area contributed by atoms with Crippen LogP contribution in [0.15, 0.2) is 5.51 Å². The van der Waals surface area contributed by atoms with E-state index in [9.17, 15) is 9.59 Å². The average molecular weight is 258 g/mol. The number of aromatic nitrogens is 2. The number of anilines is 1. The van der Waals surface area contributed by atoms with Gasteiger partial charge in [-0.05, 0) is 20.8 Å². The Morgan fingerprint density at radius 1 is 1.53 bits per heavy atom. The number of amides is 2. The molecule has 0 atom stereocenters. The van der Waals surface area contributed by atoms with Gasteiger partial charge in [-0.3, -0.25) is 10.1 Å². The number of nitrogens with one attached hydrogen (secondary N) is 1. The summed E-state index contributed by atoms with van der Waals surface area (Å²) in [5.74, 6) is -1.06. The third-order valence-corrected chi connectivity index (χ3v) is 2.53. The Bertz CT molecular complexity index is 399. The highest BCUT2D eigenvalue weighted by atomic mass is 32.1. The molecule has 0 unspecified atom stereocenters. The van der Waals surface area contributed by atoms with Crippen molar-refractivity contribution in [2.75, 3.05) is 11.9 Å². The minimum Gasteiger partial charge on any atom is -0.480 e. The highest BCUT2D eigenvalue weighted by Crippen LogP contribution is 2.16. The molecule has 0 spiro atoms. The summed E-state index contributed by atoms with van der Waals surface area (Å²) >= 11 is 1.17. The number of rotatable bonds is 3. The second-order valence-electron chi connectivity index (χ2n) is 4.32. The third kappa shape index (κ3) is 3.99. The van der Waals surface area contributed by atoms with Crippen molar-refractivity contribution < 1.29 is 14.7 Å². The van der Waals surface area contributed by atoms with E-state index in [1.165, 1.54) is 21.7 Å². The standard InChI is InChI=1S/C9H14N4O3S/c1-9(2,3)13(4-6(14)15)8(16)11-7-12-10-5-17-7/h5H,4H2,1-3H3,(H,14,15)(H,11,12,16). The first-order valence-electron chi connectivity index (χ1n) is 4.87. The molecule has 0 bridgehead atoms. The molecule has 1 aromatic heterocycles. The number of urea groups is 1. The SMILES string of the molecule is CC(C)(C)N(CC(=O)O)C(=O)Nc1nncs1. The number of carboxylic acids is 1. The molecule has 0 saturated carbocycles. The van der Waals surface area contributed by atoms with Gasteiger partial charge in [0.05, 0.1) is 0 Å². The van der Waals surface area contributed by atoms with Crippen LogP contribution in [0.3, 0.4) is 0 Å². The van der Waals surface area contributed by atoms with Gasteiger partial charge in [0.2, 0.25) is 5.13 Å². The molecule has 0 aliphatic carbocycles. The first-order chi connectivity index (χ1) is 7.80. The summed E-state index contributed by atoms with van der Waals surface area (Å²) in [6.07, 6.45) is 0. The highest BCUT2D eigenvalue weighted by Gasteiger charge is 2.28. The fraction of sp³-hybridized carbons (Fsp3) is 0.556. The lowest BCUT2D eigenvalue weighted by molar-refractivity contribution is -0.138. The van der Waals surface area contributed by atoms with Gasteiger partial charge < -0.3 is 10.0 Å². The molecule has 2 N–H and O–H groups in total. The highest BCUT2D eigenvalue weighted by molar-refractivity contribution is 7.13. The molecule has 0 aliphatic rings. The molecule has 94 valence electrons. The van der Waals surface area contributed by atoms with Crippen molar-refractivity contribution in [1.29, 1.82) is 0 Å². The van der Waals surface area contributed by atoms with E-state index < -0.39 is 17.5 Å².